The molecule has 0 unspecified atom stereocenters. The summed E-state index contributed by atoms with van der Waals surface area (Å²) in [6.45, 7) is -0.138. The van der Waals surface area contributed by atoms with Crippen LogP contribution < -0.4 is 9.47 Å². The summed E-state index contributed by atoms with van der Waals surface area (Å²) >= 11 is 0. The molecular weight excluding hydrogens is 345 g/mol. The number of rotatable bonds is 5. The van der Waals surface area contributed by atoms with E-state index in [9.17, 15) is 18.4 Å². The molecule has 0 radical (unpaired) electrons. The van der Waals surface area contributed by atoms with Crippen LogP contribution in [0.2, 0.25) is 0 Å². The van der Waals surface area contributed by atoms with Crippen LogP contribution in [0, 0.1) is 22.7 Å². The second kappa shape index (κ2) is 8.09. The number of nitriles is 2. The highest BCUT2D eigenvalue weighted by Crippen LogP contribution is 2.32. The van der Waals surface area contributed by atoms with Gasteiger partial charge in [-0.05, 0) is 41.5 Å². The lowest BCUT2D eigenvalue weighted by Crippen LogP contribution is -2.04. The Morgan fingerprint density at radius 1 is 1.08 bits per heavy atom. The Morgan fingerprint density at radius 3 is 2.31 bits per heavy atom. The van der Waals surface area contributed by atoms with Gasteiger partial charge in [0.05, 0.1) is 24.3 Å². The van der Waals surface area contributed by atoms with Crippen LogP contribution in [0.25, 0.3) is 11.6 Å². The number of benzene rings is 2. The monoisotopic (exact) mass is 358 g/mol. The fourth-order valence-corrected chi connectivity index (χ4v) is 2.19. The summed E-state index contributed by atoms with van der Waals surface area (Å²) in [7, 11) is 1.43. The highest BCUT2D eigenvalue weighted by atomic mass is 19.4. The smallest absolute Gasteiger partial charge is 0.416 e. The van der Waals surface area contributed by atoms with E-state index in [1.54, 1.807) is 18.2 Å². The SMILES string of the molecule is COc1cc(C=C(C#N)c2ccc(C(F)(F)F)cc2)ccc1OCC#N. The first kappa shape index (κ1) is 18.9. The minimum absolute atomic E-state index is 0.138. The molecule has 0 spiro atoms. The van der Waals surface area contributed by atoms with Gasteiger partial charge in [0.1, 0.15) is 6.07 Å². The van der Waals surface area contributed by atoms with Gasteiger partial charge in [0.15, 0.2) is 18.1 Å². The van der Waals surface area contributed by atoms with Gasteiger partial charge < -0.3 is 9.47 Å². The maximum absolute atomic E-state index is 12.6. The van der Waals surface area contributed by atoms with Crippen molar-refractivity contribution in [1.29, 1.82) is 10.5 Å². The third-order valence-corrected chi connectivity index (χ3v) is 3.43. The molecule has 0 saturated heterocycles. The standard InChI is InChI=1S/C19H13F3N2O2/c1-25-18-11-13(2-7-17(18)26-9-8-23)10-15(12-24)14-3-5-16(6-4-14)19(20,21)22/h2-7,10-11H,9H2,1H3. The number of nitrogens with zero attached hydrogens (tertiary/aromatic N) is 2. The molecule has 0 saturated carbocycles. The Balaban J connectivity index is 2.34. The number of alkyl halides is 3. The Kier molecular flexibility index (Phi) is 5.87. The number of hydrogen-bond acceptors (Lipinski definition) is 4. The molecule has 4 nitrogen and oxygen atoms in total. The molecule has 0 fully saturated rings. The summed E-state index contributed by atoms with van der Waals surface area (Å²) < 4.78 is 48.3. The van der Waals surface area contributed by atoms with Gasteiger partial charge in [0.25, 0.3) is 0 Å². The van der Waals surface area contributed by atoms with Gasteiger partial charge >= 0.3 is 6.18 Å². The lowest BCUT2D eigenvalue weighted by Gasteiger charge is -2.09. The molecular formula is C19H13F3N2O2. The molecule has 0 aliphatic rings. The molecule has 0 amide bonds. The number of methoxy groups -OCH3 is 1. The number of hydrogen-bond donors (Lipinski definition) is 0. The number of ether oxygens (including phenoxy) is 2. The number of allylic oxidation sites excluding steroid dienone is 1. The van der Waals surface area contributed by atoms with Crippen molar-refractivity contribution in [2.24, 2.45) is 0 Å². The van der Waals surface area contributed by atoms with E-state index in [2.05, 4.69) is 0 Å². The molecule has 0 aliphatic heterocycles. The zero-order valence-corrected chi connectivity index (χ0v) is 13.7. The minimum Gasteiger partial charge on any atom is -0.493 e. The summed E-state index contributed by atoms with van der Waals surface area (Å²) in [6, 6.07) is 13.0. The van der Waals surface area contributed by atoms with Crippen LogP contribution in [0.1, 0.15) is 16.7 Å². The van der Waals surface area contributed by atoms with Crippen molar-refractivity contribution in [3.8, 4) is 23.6 Å². The van der Waals surface area contributed by atoms with Crippen molar-refractivity contribution in [2.45, 2.75) is 6.18 Å². The first-order chi connectivity index (χ1) is 12.4. The van der Waals surface area contributed by atoms with Crippen LogP contribution in [0.4, 0.5) is 13.2 Å². The highest BCUT2D eigenvalue weighted by molar-refractivity contribution is 5.89. The summed E-state index contributed by atoms with van der Waals surface area (Å²) in [5, 5.41) is 17.9. The molecule has 2 rings (SSSR count). The van der Waals surface area contributed by atoms with Gasteiger partial charge in [-0.3, -0.25) is 0 Å². The van der Waals surface area contributed by atoms with Crippen LogP contribution in [0.3, 0.4) is 0 Å². The lowest BCUT2D eigenvalue weighted by molar-refractivity contribution is -0.137. The molecule has 0 atom stereocenters. The Bertz CT molecular complexity index is 889. The van der Waals surface area contributed by atoms with Gasteiger partial charge in [-0.2, -0.15) is 23.7 Å². The highest BCUT2D eigenvalue weighted by Gasteiger charge is 2.30. The normalized spacial score (nSPS) is 11.4. The first-order valence-electron chi connectivity index (χ1n) is 7.36. The van der Waals surface area contributed by atoms with Crippen LogP contribution in [-0.4, -0.2) is 13.7 Å². The molecule has 132 valence electrons. The van der Waals surface area contributed by atoms with Crippen molar-refractivity contribution in [1.82, 2.24) is 0 Å². The van der Waals surface area contributed by atoms with E-state index < -0.39 is 11.7 Å². The van der Waals surface area contributed by atoms with E-state index in [0.29, 0.717) is 22.6 Å². The number of halogens is 3. The maximum atomic E-state index is 12.6. The average molecular weight is 358 g/mol. The molecule has 0 aliphatic carbocycles. The van der Waals surface area contributed by atoms with Crippen LogP contribution in [0.15, 0.2) is 42.5 Å². The molecule has 0 heterocycles. The van der Waals surface area contributed by atoms with E-state index in [0.717, 1.165) is 12.1 Å². The van der Waals surface area contributed by atoms with Crippen LogP contribution >= 0.6 is 0 Å². The third kappa shape index (κ3) is 4.55. The van der Waals surface area contributed by atoms with Crippen LogP contribution in [0.5, 0.6) is 11.5 Å². The predicted molar refractivity (Wildman–Crippen MR) is 89.0 cm³/mol. The molecule has 0 N–H and O–H groups in total. The molecule has 0 bridgehead atoms. The maximum Gasteiger partial charge on any atom is 0.416 e. The molecule has 2 aromatic carbocycles. The van der Waals surface area contributed by atoms with Gasteiger partial charge in [0.2, 0.25) is 0 Å². The molecule has 2 aromatic rings. The van der Waals surface area contributed by atoms with Crippen molar-refractivity contribution in [3.05, 3.63) is 59.2 Å². The van der Waals surface area contributed by atoms with Gasteiger partial charge in [-0.15, -0.1) is 0 Å². The van der Waals surface area contributed by atoms with E-state index in [1.807, 2.05) is 12.1 Å². The Hall–Kier alpha value is -3.45. The molecule has 0 aromatic heterocycles. The average Bonchev–Trinajstić information content (AvgIpc) is 2.64. The zero-order valence-electron chi connectivity index (χ0n) is 13.7. The zero-order chi connectivity index (χ0) is 19.2. The molecule has 7 heteroatoms. The second-order valence-electron chi connectivity index (χ2n) is 5.10. The quantitative estimate of drug-likeness (QED) is 0.575. The van der Waals surface area contributed by atoms with Crippen LogP contribution in [-0.2, 0) is 6.18 Å². The first-order valence-corrected chi connectivity index (χ1v) is 7.36. The van der Waals surface area contributed by atoms with Gasteiger partial charge in [-0.1, -0.05) is 18.2 Å². The van der Waals surface area contributed by atoms with Gasteiger partial charge in [-0.25, -0.2) is 0 Å². The van der Waals surface area contributed by atoms with E-state index in [4.69, 9.17) is 14.7 Å². The third-order valence-electron chi connectivity index (χ3n) is 3.43. The van der Waals surface area contributed by atoms with Crippen molar-refractivity contribution in [2.75, 3.05) is 13.7 Å². The second-order valence-corrected chi connectivity index (χ2v) is 5.10. The van der Waals surface area contributed by atoms with Crippen molar-refractivity contribution in [3.63, 3.8) is 0 Å². The topological polar surface area (TPSA) is 66.0 Å². The van der Waals surface area contributed by atoms with Gasteiger partial charge in [0, 0.05) is 0 Å². The summed E-state index contributed by atoms with van der Waals surface area (Å²) in [5.41, 5.74) is 0.387. The fourth-order valence-electron chi connectivity index (χ4n) is 2.19. The summed E-state index contributed by atoms with van der Waals surface area (Å²) in [5.74, 6) is 0.748. The Labute approximate surface area is 148 Å². The fraction of sp³-hybridized carbons (Fsp3) is 0.158. The molecule has 26 heavy (non-hydrogen) atoms. The summed E-state index contributed by atoms with van der Waals surface area (Å²) in [4.78, 5) is 0. The van der Waals surface area contributed by atoms with E-state index in [1.165, 1.54) is 25.3 Å². The minimum atomic E-state index is -4.43. The van der Waals surface area contributed by atoms with E-state index in [-0.39, 0.29) is 12.2 Å². The van der Waals surface area contributed by atoms with Crippen molar-refractivity contribution >= 4 is 11.6 Å². The lowest BCUT2D eigenvalue weighted by atomic mass is 10.0. The largest absolute Gasteiger partial charge is 0.493 e. The Morgan fingerprint density at radius 2 is 1.77 bits per heavy atom. The summed E-state index contributed by atoms with van der Waals surface area (Å²) in [6.07, 6.45) is -2.90. The van der Waals surface area contributed by atoms with E-state index >= 15 is 0 Å². The predicted octanol–water partition coefficient (Wildman–Crippen LogP) is 4.68. The van der Waals surface area contributed by atoms with Crippen molar-refractivity contribution < 1.29 is 22.6 Å².